The van der Waals surface area contributed by atoms with Crippen LogP contribution < -0.4 is 11.1 Å². The van der Waals surface area contributed by atoms with Gasteiger partial charge in [-0.25, -0.2) is 14.0 Å². The van der Waals surface area contributed by atoms with Crippen molar-refractivity contribution in [3.05, 3.63) is 41.3 Å². The summed E-state index contributed by atoms with van der Waals surface area (Å²) >= 11 is 0. The topological polar surface area (TPSA) is 123 Å². The highest BCUT2D eigenvalue weighted by Crippen LogP contribution is 2.34. The lowest BCUT2D eigenvalue weighted by Crippen LogP contribution is -2.53. The molecule has 3 N–H and O–H groups in total. The van der Waals surface area contributed by atoms with Gasteiger partial charge in [0.25, 0.3) is 5.91 Å². The van der Waals surface area contributed by atoms with Crippen LogP contribution in [0.4, 0.5) is 27.2 Å². The van der Waals surface area contributed by atoms with Crippen molar-refractivity contribution in [2.24, 2.45) is 5.73 Å². The first-order chi connectivity index (χ1) is 17.8. The Morgan fingerprint density at radius 2 is 1.76 bits per heavy atom. The molecule has 38 heavy (non-hydrogen) atoms. The van der Waals surface area contributed by atoms with Crippen molar-refractivity contribution in [1.82, 2.24) is 24.9 Å². The van der Waals surface area contributed by atoms with Crippen LogP contribution in [-0.2, 0) is 17.8 Å². The van der Waals surface area contributed by atoms with Gasteiger partial charge in [-0.05, 0) is 38.8 Å². The van der Waals surface area contributed by atoms with Crippen molar-refractivity contribution in [2.75, 3.05) is 19.6 Å². The van der Waals surface area contributed by atoms with Crippen LogP contribution in [0.25, 0.3) is 11.3 Å². The van der Waals surface area contributed by atoms with E-state index in [0.29, 0.717) is 30.6 Å². The van der Waals surface area contributed by atoms with Crippen molar-refractivity contribution >= 4 is 18.0 Å². The first-order valence-corrected chi connectivity index (χ1v) is 12.0. The van der Waals surface area contributed by atoms with E-state index in [0.717, 1.165) is 13.8 Å². The summed E-state index contributed by atoms with van der Waals surface area (Å²) in [5, 5.41) is 7.31. The maximum absolute atomic E-state index is 13.8. The first kappa shape index (κ1) is 27.2. The quantitative estimate of drug-likeness (QED) is 0.577. The maximum Gasteiger partial charge on any atom is 0.427 e. The van der Waals surface area contributed by atoms with Gasteiger partial charge in [-0.15, -0.1) is 0 Å². The van der Waals surface area contributed by atoms with Crippen LogP contribution in [0.3, 0.4) is 0 Å². The molecule has 4 amide bonds. The Morgan fingerprint density at radius 1 is 1.08 bits per heavy atom. The second-order valence-electron chi connectivity index (χ2n) is 9.78. The Morgan fingerprint density at radius 3 is 2.37 bits per heavy atom. The number of alkyl halides is 3. The lowest BCUT2D eigenvalue weighted by Gasteiger charge is -2.36. The molecule has 0 bridgehead atoms. The van der Waals surface area contributed by atoms with Crippen LogP contribution in [0.1, 0.15) is 42.7 Å². The summed E-state index contributed by atoms with van der Waals surface area (Å²) in [5.74, 6) is -1.24. The molecule has 10 nitrogen and oxygen atoms in total. The molecule has 14 heteroatoms. The van der Waals surface area contributed by atoms with Crippen molar-refractivity contribution in [3.8, 4) is 11.3 Å². The van der Waals surface area contributed by atoms with E-state index in [4.69, 9.17) is 5.73 Å². The summed E-state index contributed by atoms with van der Waals surface area (Å²) in [6, 6.07) is 4.91. The highest BCUT2D eigenvalue weighted by Gasteiger charge is 2.51. The van der Waals surface area contributed by atoms with E-state index in [1.165, 1.54) is 28.0 Å². The number of hydrogen-bond acceptors (Lipinski definition) is 5. The maximum atomic E-state index is 13.8. The molecule has 0 atom stereocenters. The van der Waals surface area contributed by atoms with Gasteiger partial charge in [-0.2, -0.15) is 18.3 Å². The van der Waals surface area contributed by atoms with Crippen LogP contribution >= 0.6 is 0 Å². The standard InChI is InChI=1S/C24H28F4N6O4/c1-23(2,24(26,27)28)38-22(37)32-8-6-16(7-9-32)30-21(36)33-10-11-34-17(13-33)18(20(29)35)19(31-34)14-4-3-5-15(25)12-14/h3-5,12,16H,6-11,13H2,1-2H3,(H2,29,35)(H,30,36). The number of benzene rings is 1. The molecule has 2 aromatic rings. The van der Waals surface area contributed by atoms with E-state index >= 15 is 0 Å². The zero-order chi connectivity index (χ0) is 27.8. The number of nitrogens with two attached hydrogens (primary N) is 1. The summed E-state index contributed by atoms with van der Waals surface area (Å²) in [7, 11) is 0. The molecule has 0 spiro atoms. The number of nitrogens with one attached hydrogen (secondary N) is 1. The zero-order valence-corrected chi connectivity index (χ0v) is 20.8. The molecular formula is C24H28F4N6O4. The number of nitrogens with zero attached hydrogens (tertiary/aromatic N) is 4. The third-order valence-corrected chi connectivity index (χ3v) is 6.72. The average molecular weight is 541 g/mol. The van der Waals surface area contributed by atoms with Crippen LogP contribution in [0, 0.1) is 5.82 Å². The first-order valence-electron chi connectivity index (χ1n) is 12.0. The minimum absolute atomic E-state index is 0.0458. The van der Waals surface area contributed by atoms with E-state index in [1.54, 1.807) is 10.7 Å². The number of hydrogen-bond donors (Lipinski definition) is 2. The van der Waals surface area contributed by atoms with Crippen LogP contribution in [-0.4, -0.2) is 75.1 Å². The van der Waals surface area contributed by atoms with Crippen molar-refractivity contribution in [2.45, 2.75) is 57.6 Å². The Kier molecular flexibility index (Phi) is 7.26. The molecule has 3 heterocycles. The molecule has 1 saturated heterocycles. The third kappa shape index (κ3) is 5.53. The largest absolute Gasteiger partial charge is 0.434 e. The summed E-state index contributed by atoms with van der Waals surface area (Å²) < 4.78 is 59.0. The number of piperidine rings is 1. The molecule has 0 aliphatic carbocycles. The van der Waals surface area contributed by atoms with Gasteiger partial charge >= 0.3 is 18.3 Å². The molecule has 0 unspecified atom stereocenters. The Hall–Kier alpha value is -3.84. The van der Waals surface area contributed by atoms with Gasteiger partial charge in [0.2, 0.25) is 5.60 Å². The number of fused-ring (bicyclic) bond motifs is 1. The van der Waals surface area contributed by atoms with Gasteiger partial charge in [-0.3, -0.25) is 9.48 Å². The fraction of sp³-hybridized carbons (Fsp3) is 0.500. The van der Waals surface area contributed by atoms with Gasteiger partial charge in [0.1, 0.15) is 11.5 Å². The summed E-state index contributed by atoms with van der Waals surface area (Å²) in [6.07, 6.45) is -5.11. The SMILES string of the molecule is CC(C)(OC(=O)N1CCC(NC(=O)N2CCn3nc(-c4cccc(F)c4)c(C(N)=O)c3C2)CC1)C(F)(F)F. The lowest BCUT2D eigenvalue weighted by atomic mass is 10.0. The molecule has 1 aromatic carbocycles. The second kappa shape index (κ2) is 10.1. The number of rotatable bonds is 4. The Balaban J connectivity index is 1.37. The Bertz CT molecular complexity index is 1240. The number of carbonyl (C=O) groups is 3. The zero-order valence-electron chi connectivity index (χ0n) is 20.8. The van der Waals surface area contributed by atoms with Gasteiger partial charge in [0, 0.05) is 31.2 Å². The Labute approximate surface area is 215 Å². The fourth-order valence-electron chi connectivity index (χ4n) is 4.40. The number of amides is 4. The number of ether oxygens (including phenoxy) is 1. The number of halogens is 4. The van der Waals surface area contributed by atoms with E-state index in [1.807, 2.05) is 0 Å². The van der Waals surface area contributed by atoms with Gasteiger partial charge in [-0.1, -0.05) is 12.1 Å². The number of primary amides is 1. The molecule has 206 valence electrons. The number of carbonyl (C=O) groups excluding carboxylic acids is 3. The number of aromatic nitrogens is 2. The molecule has 4 rings (SSSR count). The third-order valence-electron chi connectivity index (χ3n) is 6.72. The lowest BCUT2D eigenvalue weighted by molar-refractivity contribution is -0.246. The van der Waals surface area contributed by atoms with Crippen molar-refractivity contribution in [1.29, 1.82) is 0 Å². The molecule has 2 aliphatic heterocycles. The minimum Gasteiger partial charge on any atom is -0.434 e. The second-order valence-corrected chi connectivity index (χ2v) is 9.78. The molecular weight excluding hydrogens is 512 g/mol. The molecule has 1 aromatic heterocycles. The van der Waals surface area contributed by atoms with Crippen molar-refractivity contribution < 1.29 is 36.7 Å². The molecule has 2 aliphatic rings. The van der Waals surface area contributed by atoms with Crippen LogP contribution in [0.15, 0.2) is 24.3 Å². The normalized spacial score (nSPS) is 16.7. The van der Waals surface area contributed by atoms with Gasteiger partial charge < -0.3 is 25.6 Å². The summed E-state index contributed by atoms with van der Waals surface area (Å²) in [4.78, 5) is 40.1. The average Bonchev–Trinajstić information content (AvgIpc) is 3.22. The number of likely N-dealkylation sites (tertiary alicyclic amines) is 1. The minimum atomic E-state index is -4.70. The molecule has 0 radical (unpaired) electrons. The fourth-order valence-corrected chi connectivity index (χ4v) is 4.40. The monoisotopic (exact) mass is 540 g/mol. The predicted molar refractivity (Wildman–Crippen MR) is 126 cm³/mol. The van der Waals surface area contributed by atoms with Crippen LogP contribution in [0.2, 0.25) is 0 Å². The summed E-state index contributed by atoms with van der Waals surface area (Å²) in [6.45, 7) is 2.43. The predicted octanol–water partition coefficient (Wildman–Crippen LogP) is 3.26. The number of urea groups is 1. The van der Waals surface area contributed by atoms with E-state index in [9.17, 15) is 31.9 Å². The highest BCUT2D eigenvalue weighted by atomic mass is 19.4. The summed E-state index contributed by atoms with van der Waals surface area (Å²) in [5.41, 5.74) is 4.18. The smallest absolute Gasteiger partial charge is 0.427 e. The van der Waals surface area contributed by atoms with E-state index < -0.39 is 35.6 Å². The van der Waals surface area contributed by atoms with E-state index in [2.05, 4.69) is 15.2 Å². The molecule has 1 fully saturated rings. The van der Waals surface area contributed by atoms with E-state index in [-0.39, 0.29) is 43.5 Å². The van der Waals surface area contributed by atoms with Gasteiger partial charge in [0.05, 0.1) is 24.3 Å². The van der Waals surface area contributed by atoms with Crippen LogP contribution in [0.5, 0.6) is 0 Å². The van der Waals surface area contributed by atoms with Crippen molar-refractivity contribution in [3.63, 3.8) is 0 Å². The van der Waals surface area contributed by atoms with Gasteiger partial charge in [0.15, 0.2) is 0 Å². The highest BCUT2D eigenvalue weighted by molar-refractivity contribution is 6.00. The molecule has 0 saturated carbocycles.